The summed E-state index contributed by atoms with van der Waals surface area (Å²) >= 11 is 0. The van der Waals surface area contributed by atoms with Crippen LogP contribution in [-0.4, -0.2) is 41.7 Å². The Morgan fingerprint density at radius 1 is 1.69 bits per heavy atom. The molecule has 0 saturated carbocycles. The van der Waals surface area contributed by atoms with Crippen molar-refractivity contribution in [1.82, 2.24) is 20.6 Å². The standard InChI is InChI=1S/C10H14N4O2/c15-10(9-6-11-3-4-16-9)13-5-8-1-2-12-7-14-8/h1-2,7,9,11H,3-6H2,(H,13,15). The maximum absolute atomic E-state index is 11.7. The van der Waals surface area contributed by atoms with Gasteiger partial charge in [0.15, 0.2) is 0 Å². The highest BCUT2D eigenvalue weighted by atomic mass is 16.5. The average Bonchev–Trinajstić information content (AvgIpc) is 2.38. The average molecular weight is 222 g/mol. The van der Waals surface area contributed by atoms with Crippen molar-refractivity contribution in [2.75, 3.05) is 19.7 Å². The molecular formula is C10H14N4O2. The molecule has 1 aromatic heterocycles. The van der Waals surface area contributed by atoms with Gasteiger partial charge in [0, 0.05) is 19.3 Å². The molecule has 6 heteroatoms. The number of aromatic nitrogens is 2. The van der Waals surface area contributed by atoms with Crippen molar-refractivity contribution >= 4 is 5.91 Å². The number of amides is 1. The van der Waals surface area contributed by atoms with Gasteiger partial charge < -0.3 is 15.4 Å². The first-order valence-corrected chi connectivity index (χ1v) is 5.21. The van der Waals surface area contributed by atoms with Crippen LogP contribution in [0.3, 0.4) is 0 Å². The predicted octanol–water partition coefficient (Wildman–Crippen LogP) is -0.919. The van der Waals surface area contributed by atoms with Gasteiger partial charge in [0.2, 0.25) is 0 Å². The van der Waals surface area contributed by atoms with Gasteiger partial charge in [-0.25, -0.2) is 9.97 Å². The number of hydrogen-bond donors (Lipinski definition) is 2. The largest absolute Gasteiger partial charge is 0.366 e. The molecule has 16 heavy (non-hydrogen) atoms. The van der Waals surface area contributed by atoms with Crippen LogP contribution in [0, 0.1) is 0 Å². The van der Waals surface area contributed by atoms with Crippen LogP contribution in [-0.2, 0) is 16.1 Å². The Labute approximate surface area is 93.4 Å². The van der Waals surface area contributed by atoms with Crippen molar-refractivity contribution in [2.45, 2.75) is 12.6 Å². The molecule has 0 aliphatic carbocycles. The van der Waals surface area contributed by atoms with Crippen molar-refractivity contribution in [1.29, 1.82) is 0 Å². The molecule has 1 amide bonds. The molecule has 2 heterocycles. The van der Waals surface area contributed by atoms with E-state index in [1.54, 1.807) is 12.3 Å². The Morgan fingerprint density at radius 2 is 2.62 bits per heavy atom. The van der Waals surface area contributed by atoms with E-state index in [0.717, 1.165) is 12.2 Å². The summed E-state index contributed by atoms with van der Waals surface area (Å²) in [7, 11) is 0. The molecule has 2 N–H and O–H groups in total. The van der Waals surface area contributed by atoms with Gasteiger partial charge in [-0.3, -0.25) is 4.79 Å². The van der Waals surface area contributed by atoms with E-state index in [1.165, 1.54) is 6.33 Å². The first kappa shape index (κ1) is 11.0. The second kappa shape index (κ2) is 5.53. The summed E-state index contributed by atoms with van der Waals surface area (Å²) in [5.41, 5.74) is 0.784. The summed E-state index contributed by atoms with van der Waals surface area (Å²) in [4.78, 5) is 19.5. The van der Waals surface area contributed by atoms with Crippen LogP contribution in [0.4, 0.5) is 0 Å². The second-order valence-electron chi connectivity index (χ2n) is 3.48. The van der Waals surface area contributed by atoms with E-state index < -0.39 is 6.10 Å². The van der Waals surface area contributed by atoms with Crippen molar-refractivity contribution in [3.63, 3.8) is 0 Å². The minimum atomic E-state index is -0.393. The van der Waals surface area contributed by atoms with Crippen LogP contribution in [0.15, 0.2) is 18.6 Å². The molecule has 0 aromatic carbocycles. The third kappa shape index (κ3) is 2.98. The first-order valence-electron chi connectivity index (χ1n) is 5.21. The highest BCUT2D eigenvalue weighted by molar-refractivity contribution is 5.81. The van der Waals surface area contributed by atoms with Crippen LogP contribution < -0.4 is 10.6 Å². The lowest BCUT2D eigenvalue weighted by Crippen LogP contribution is -2.47. The Hall–Kier alpha value is -1.53. The Kier molecular flexibility index (Phi) is 3.79. The van der Waals surface area contributed by atoms with Gasteiger partial charge in [-0.2, -0.15) is 0 Å². The maximum Gasteiger partial charge on any atom is 0.250 e. The minimum Gasteiger partial charge on any atom is -0.366 e. The lowest BCUT2D eigenvalue weighted by atomic mass is 10.3. The number of nitrogens with zero attached hydrogens (tertiary/aromatic N) is 2. The molecular weight excluding hydrogens is 208 g/mol. The third-order valence-electron chi connectivity index (χ3n) is 2.31. The molecule has 0 radical (unpaired) electrons. The number of carbonyl (C=O) groups is 1. The van der Waals surface area contributed by atoms with Gasteiger partial charge in [-0.15, -0.1) is 0 Å². The number of ether oxygens (including phenoxy) is 1. The van der Waals surface area contributed by atoms with E-state index in [2.05, 4.69) is 20.6 Å². The molecule has 2 rings (SSSR count). The van der Waals surface area contributed by atoms with Gasteiger partial charge in [0.25, 0.3) is 5.91 Å². The second-order valence-corrected chi connectivity index (χ2v) is 3.48. The molecule has 6 nitrogen and oxygen atoms in total. The van der Waals surface area contributed by atoms with E-state index in [0.29, 0.717) is 19.7 Å². The SMILES string of the molecule is O=C(NCc1ccncn1)C1CNCCO1. The number of carbonyl (C=O) groups excluding carboxylic acids is 1. The summed E-state index contributed by atoms with van der Waals surface area (Å²) in [5.74, 6) is -0.106. The summed E-state index contributed by atoms with van der Waals surface area (Å²) in [6, 6.07) is 1.76. The van der Waals surface area contributed by atoms with Crippen molar-refractivity contribution in [3.8, 4) is 0 Å². The van der Waals surface area contributed by atoms with Crippen LogP contribution in [0.1, 0.15) is 5.69 Å². The van der Waals surface area contributed by atoms with Gasteiger partial charge in [-0.05, 0) is 6.07 Å². The normalized spacial score (nSPS) is 20.4. The lowest BCUT2D eigenvalue weighted by molar-refractivity contribution is -0.134. The highest BCUT2D eigenvalue weighted by Gasteiger charge is 2.21. The predicted molar refractivity (Wildman–Crippen MR) is 56.5 cm³/mol. The van der Waals surface area contributed by atoms with Gasteiger partial charge in [0.05, 0.1) is 18.8 Å². The molecule has 1 aromatic rings. The summed E-state index contributed by atoms with van der Waals surface area (Å²) in [5, 5.41) is 5.88. The lowest BCUT2D eigenvalue weighted by Gasteiger charge is -2.22. The summed E-state index contributed by atoms with van der Waals surface area (Å²) < 4.78 is 5.32. The molecule has 0 bridgehead atoms. The maximum atomic E-state index is 11.7. The quantitative estimate of drug-likeness (QED) is 0.692. The number of rotatable bonds is 3. The summed E-state index contributed by atoms with van der Waals surface area (Å²) in [6.45, 7) is 2.35. The Bertz CT molecular complexity index is 338. The third-order valence-corrected chi connectivity index (χ3v) is 2.31. The fourth-order valence-corrected chi connectivity index (χ4v) is 1.45. The van der Waals surface area contributed by atoms with Crippen molar-refractivity contribution < 1.29 is 9.53 Å². The molecule has 1 aliphatic heterocycles. The summed E-state index contributed by atoms with van der Waals surface area (Å²) in [6.07, 6.45) is 2.71. The highest BCUT2D eigenvalue weighted by Crippen LogP contribution is 1.97. The monoisotopic (exact) mass is 222 g/mol. The fraction of sp³-hybridized carbons (Fsp3) is 0.500. The smallest absolute Gasteiger partial charge is 0.250 e. The van der Waals surface area contributed by atoms with E-state index in [4.69, 9.17) is 4.74 Å². The van der Waals surface area contributed by atoms with Crippen LogP contribution >= 0.6 is 0 Å². The van der Waals surface area contributed by atoms with E-state index >= 15 is 0 Å². The van der Waals surface area contributed by atoms with Crippen molar-refractivity contribution in [2.24, 2.45) is 0 Å². The minimum absolute atomic E-state index is 0.106. The van der Waals surface area contributed by atoms with E-state index in [9.17, 15) is 4.79 Å². The number of nitrogens with one attached hydrogen (secondary N) is 2. The molecule has 1 atom stereocenters. The molecule has 1 fully saturated rings. The Morgan fingerprint density at radius 3 is 3.31 bits per heavy atom. The zero-order chi connectivity index (χ0) is 11.2. The molecule has 0 spiro atoms. The van der Waals surface area contributed by atoms with E-state index in [-0.39, 0.29) is 5.91 Å². The van der Waals surface area contributed by atoms with Gasteiger partial charge >= 0.3 is 0 Å². The molecule has 1 saturated heterocycles. The van der Waals surface area contributed by atoms with Gasteiger partial charge in [-0.1, -0.05) is 0 Å². The zero-order valence-corrected chi connectivity index (χ0v) is 8.85. The van der Waals surface area contributed by atoms with Crippen molar-refractivity contribution in [3.05, 3.63) is 24.3 Å². The first-order chi connectivity index (χ1) is 7.86. The van der Waals surface area contributed by atoms with Gasteiger partial charge in [0.1, 0.15) is 12.4 Å². The van der Waals surface area contributed by atoms with Crippen LogP contribution in [0.5, 0.6) is 0 Å². The molecule has 1 aliphatic rings. The fourth-order valence-electron chi connectivity index (χ4n) is 1.45. The van der Waals surface area contributed by atoms with E-state index in [1.807, 2.05) is 0 Å². The van der Waals surface area contributed by atoms with Crippen LogP contribution in [0.25, 0.3) is 0 Å². The molecule has 86 valence electrons. The zero-order valence-electron chi connectivity index (χ0n) is 8.85. The topological polar surface area (TPSA) is 76.1 Å². The number of hydrogen-bond acceptors (Lipinski definition) is 5. The molecule has 1 unspecified atom stereocenters. The Balaban J connectivity index is 1.79. The van der Waals surface area contributed by atoms with Crippen LogP contribution in [0.2, 0.25) is 0 Å². The number of morpholine rings is 1.